The van der Waals surface area contributed by atoms with Gasteiger partial charge in [0.2, 0.25) is 0 Å². The SMILES string of the molecule is C=CC(c1ccc(Cl)cc1)C(C)C. The number of benzene rings is 1. The van der Waals surface area contributed by atoms with Crippen molar-refractivity contribution in [2.45, 2.75) is 19.8 Å². The molecule has 70 valence electrons. The lowest BCUT2D eigenvalue weighted by molar-refractivity contribution is 0.579. The Hall–Kier alpha value is -0.750. The number of allylic oxidation sites excluding steroid dienone is 1. The van der Waals surface area contributed by atoms with Crippen molar-refractivity contribution >= 4 is 11.6 Å². The van der Waals surface area contributed by atoms with Gasteiger partial charge in [0.05, 0.1) is 0 Å². The van der Waals surface area contributed by atoms with E-state index in [2.05, 4.69) is 32.6 Å². The molecule has 0 saturated carbocycles. The molecular formula is C12H15Cl. The van der Waals surface area contributed by atoms with Gasteiger partial charge in [0.25, 0.3) is 0 Å². The van der Waals surface area contributed by atoms with E-state index in [1.165, 1.54) is 5.56 Å². The fourth-order valence-corrected chi connectivity index (χ4v) is 1.60. The minimum atomic E-state index is 0.428. The highest BCUT2D eigenvalue weighted by atomic mass is 35.5. The van der Waals surface area contributed by atoms with Gasteiger partial charge in [-0.3, -0.25) is 0 Å². The van der Waals surface area contributed by atoms with Gasteiger partial charge < -0.3 is 0 Å². The molecule has 1 heteroatoms. The van der Waals surface area contributed by atoms with Gasteiger partial charge in [-0.25, -0.2) is 0 Å². The van der Waals surface area contributed by atoms with Crippen molar-refractivity contribution in [1.29, 1.82) is 0 Å². The van der Waals surface area contributed by atoms with Gasteiger partial charge in [-0.05, 0) is 23.6 Å². The van der Waals surface area contributed by atoms with Crippen LogP contribution in [0.4, 0.5) is 0 Å². The van der Waals surface area contributed by atoms with E-state index in [1.807, 2.05) is 18.2 Å². The first-order chi connectivity index (χ1) is 6.15. The monoisotopic (exact) mass is 194 g/mol. The van der Waals surface area contributed by atoms with Gasteiger partial charge in [-0.15, -0.1) is 6.58 Å². The number of hydrogen-bond donors (Lipinski definition) is 0. The highest BCUT2D eigenvalue weighted by Gasteiger charge is 2.10. The molecule has 0 aliphatic heterocycles. The summed E-state index contributed by atoms with van der Waals surface area (Å²) in [6.07, 6.45) is 1.99. The Morgan fingerprint density at radius 3 is 2.15 bits per heavy atom. The van der Waals surface area contributed by atoms with Crippen LogP contribution in [0.15, 0.2) is 36.9 Å². The maximum Gasteiger partial charge on any atom is 0.0406 e. The fourth-order valence-electron chi connectivity index (χ4n) is 1.48. The van der Waals surface area contributed by atoms with Gasteiger partial charge >= 0.3 is 0 Å². The molecule has 0 bridgehead atoms. The predicted molar refractivity (Wildman–Crippen MR) is 59.2 cm³/mol. The molecule has 0 aliphatic carbocycles. The first kappa shape index (κ1) is 10.3. The lowest BCUT2D eigenvalue weighted by Gasteiger charge is -2.16. The van der Waals surface area contributed by atoms with Gasteiger partial charge in [-0.2, -0.15) is 0 Å². The molecule has 0 N–H and O–H groups in total. The Labute approximate surface area is 85.2 Å². The molecule has 0 amide bonds. The highest BCUT2D eigenvalue weighted by Crippen LogP contribution is 2.26. The van der Waals surface area contributed by atoms with Gasteiger partial charge in [0.15, 0.2) is 0 Å². The minimum Gasteiger partial charge on any atom is -0.102 e. The lowest BCUT2D eigenvalue weighted by atomic mass is 9.89. The van der Waals surface area contributed by atoms with E-state index in [9.17, 15) is 0 Å². The quantitative estimate of drug-likeness (QED) is 0.631. The average Bonchev–Trinajstić information content (AvgIpc) is 2.09. The van der Waals surface area contributed by atoms with Crippen LogP contribution in [0.3, 0.4) is 0 Å². The van der Waals surface area contributed by atoms with Crippen LogP contribution in [-0.4, -0.2) is 0 Å². The molecule has 0 heterocycles. The minimum absolute atomic E-state index is 0.428. The zero-order valence-electron chi connectivity index (χ0n) is 8.13. The van der Waals surface area contributed by atoms with Crippen LogP contribution < -0.4 is 0 Å². The second-order valence-electron chi connectivity index (χ2n) is 3.56. The molecule has 1 aromatic carbocycles. The van der Waals surface area contributed by atoms with Crippen molar-refractivity contribution in [2.24, 2.45) is 5.92 Å². The summed E-state index contributed by atoms with van der Waals surface area (Å²) in [6.45, 7) is 8.24. The van der Waals surface area contributed by atoms with Gasteiger partial charge in [0.1, 0.15) is 0 Å². The summed E-state index contributed by atoms with van der Waals surface area (Å²) in [4.78, 5) is 0. The topological polar surface area (TPSA) is 0 Å². The van der Waals surface area contributed by atoms with E-state index in [4.69, 9.17) is 11.6 Å². The van der Waals surface area contributed by atoms with Crippen LogP contribution in [0, 0.1) is 5.92 Å². The van der Waals surface area contributed by atoms with Crippen molar-refractivity contribution in [3.05, 3.63) is 47.5 Å². The molecule has 0 fully saturated rings. The Kier molecular flexibility index (Phi) is 3.56. The van der Waals surface area contributed by atoms with Crippen molar-refractivity contribution in [3.63, 3.8) is 0 Å². The third-order valence-electron chi connectivity index (χ3n) is 2.23. The molecular weight excluding hydrogens is 180 g/mol. The summed E-state index contributed by atoms with van der Waals surface area (Å²) in [5.74, 6) is 1.01. The van der Waals surface area contributed by atoms with E-state index in [0.29, 0.717) is 11.8 Å². The summed E-state index contributed by atoms with van der Waals surface area (Å²) < 4.78 is 0. The molecule has 0 spiro atoms. The van der Waals surface area contributed by atoms with Crippen LogP contribution in [-0.2, 0) is 0 Å². The van der Waals surface area contributed by atoms with Crippen LogP contribution in [0.5, 0.6) is 0 Å². The van der Waals surface area contributed by atoms with Crippen molar-refractivity contribution < 1.29 is 0 Å². The third kappa shape index (κ3) is 2.60. The zero-order chi connectivity index (χ0) is 9.84. The first-order valence-electron chi connectivity index (χ1n) is 4.53. The molecule has 0 aromatic heterocycles. The number of hydrogen-bond acceptors (Lipinski definition) is 0. The van der Waals surface area contributed by atoms with E-state index in [1.54, 1.807) is 0 Å². The third-order valence-corrected chi connectivity index (χ3v) is 2.48. The lowest BCUT2D eigenvalue weighted by Crippen LogP contribution is -2.02. The Morgan fingerprint density at radius 1 is 1.23 bits per heavy atom. The Balaban J connectivity index is 2.92. The molecule has 0 aliphatic rings. The molecule has 1 atom stereocenters. The summed E-state index contributed by atoms with van der Waals surface area (Å²) in [5.41, 5.74) is 1.29. The average molecular weight is 195 g/mol. The van der Waals surface area contributed by atoms with E-state index >= 15 is 0 Å². The molecule has 1 unspecified atom stereocenters. The normalized spacial score (nSPS) is 12.9. The molecule has 1 rings (SSSR count). The van der Waals surface area contributed by atoms with Crippen LogP contribution in [0.25, 0.3) is 0 Å². The van der Waals surface area contributed by atoms with E-state index in [-0.39, 0.29) is 0 Å². The molecule has 13 heavy (non-hydrogen) atoms. The van der Waals surface area contributed by atoms with Crippen LogP contribution in [0.2, 0.25) is 5.02 Å². The zero-order valence-corrected chi connectivity index (χ0v) is 8.88. The Morgan fingerprint density at radius 2 is 1.77 bits per heavy atom. The largest absolute Gasteiger partial charge is 0.102 e. The van der Waals surface area contributed by atoms with Crippen LogP contribution in [0.1, 0.15) is 25.3 Å². The summed E-state index contributed by atoms with van der Waals surface area (Å²) in [5, 5.41) is 0.787. The van der Waals surface area contributed by atoms with Crippen LogP contribution >= 0.6 is 11.6 Å². The summed E-state index contributed by atoms with van der Waals surface area (Å²) in [7, 11) is 0. The van der Waals surface area contributed by atoms with Crippen molar-refractivity contribution in [3.8, 4) is 0 Å². The maximum absolute atomic E-state index is 5.81. The predicted octanol–water partition coefficient (Wildman–Crippen LogP) is 4.27. The fraction of sp³-hybridized carbons (Fsp3) is 0.333. The molecule has 0 nitrogen and oxygen atoms in total. The van der Waals surface area contributed by atoms with Gasteiger partial charge in [0, 0.05) is 10.9 Å². The molecule has 0 saturated heterocycles. The van der Waals surface area contributed by atoms with E-state index < -0.39 is 0 Å². The number of rotatable bonds is 3. The van der Waals surface area contributed by atoms with Crippen molar-refractivity contribution in [2.75, 3.05) is 0 Å². The summed E-state index contributed by atoms with van der Waals surface area (Å²) in [6, 6.07) is 7.98. The summed E-state index contributed by atoms with van der Waals surface area (Å²) >= 11 is 5.81. The second kappa shape index (κ2) is 4.48. The van der Waals surface area contributed by atoms with E-state index in [0.717, 1.165) is 5.02 Å². The smallest absolute Gasteiger partial charge is 0.0406 e. The maximum atomic E-state index is 5.81. The second-order valence-corrected chi connectivity index (χ2v) is 3.99. The molecule has 0 radical (unpaired) electrons. The van der Waals surface area contributed by atoms with Gasteiger partial charge in [-0.1, -0.05) is 43.7 Å². The Bertz CT molecular complexity index is 272. The first-order valence-corrected chi connectivity index (χ1v) is 4.91. The standard InChI is InChI=1S/C12H15Cl/c1-4-12(9(2)3)10-5-7-11(13)8-6-10/h4-9,12H,1H2,2-3H3. The molecule has 1 aromatic rings. The number of halogens is 1. The van der Waals surface area contributed by atoms with Crippen molar-refractivity contribution in [1.82, 2.24) is 0 Å². The highest BCUT2D eigenvalue weighted by molar-refractivity contribution is 6.30.